The van der Waals surface area contributed by atoms with Crippen molar-refractivity contribution in [2.75, 3.05) is 25.5 Å². The first kappa shape index (κ1) is 10.4. The van der Waals surface area contributed by atoms with Gasteiger partial charge in [0.1, 0.15) is 4.88 Å². The van der Waals surface area contributed by atoms with Gasteiger partial charge in [-0.05, 0) is 20.0 Å². The van der Waals surface area contributed by atoms with Gasteiger partial charge in [0.25, 0.3) is 0 Å². The van der Waals surface area contributed by atoms with Crippen LogP contribution in [0.2, 0.25) is 0 Å². The van der Waals surface area contributed by atoms with Crippen molar-refractivity contribution in [1.82, 2.24) is 9.88 Å². The van der Waals surface area contributed by atoms with Gasteiger partial charge in [-0.2, -0.15) is 0 Å². The van der Waals surface area contributed by atoms with Crippen molar-refractivity contribution in [1.29, 1.82) is 0 Å². The summed E-state index contributed by atoms with van der Waals surface area (Å²) < 4.78 is 0. The lowest BCUT2D eigenvalue weighted by atomic mass is 10.3. The van der Waals surface area contributed by atoms with Gasteiger partial charge in [0, 0.05) is 12.6 Å². The van der Waals surface area contributed by atoms with Gasteiger partial charge in [0.15, 0.2) is 5.13 Å². The third-order valence-electron chi connectivity index (χ3n) is 2.44. The van der Waals surface area contributed by atoms with Crippen molar-refractivity contribution in [3.63, 3.8) is 0 Å². The SMILES string of the molecule is CN1CCC(Nc2ncc(C(=O)O)s2)C1. The summed E-state index contributed by atoms with van der Waals surface area (Å²) in [6, 6.07) is 0.391. The predicted octanol–water partition coefficient (Wildman–Crippen LogP) is 0.957. The highest BCUT2D eigenvalue weighted by Gasteiger charge is 2.20. The highest BCUT2D eigenvalue weighted by atomic mass is 32.1. The van der Waals surface area contributed by atoms with E-state index >= 15 is 0 Å². The number of aromatic carboxylic acids is 1. The van der Waals surface area contributed by atoms with E-state index in [1.165, 1.54) is 17.5 Å². The first-order valence-electron chi connectivity index (χ1n) is 4.79. The van der Waals surface area contributed by atoms with E-state index in [2.05, 4.69) is 22.2 Å². The summed E-state index contributed by atoms with van der Waals surface area (Å²) in [5.41, 5.74) is 0. The van der Waals surface area contributed by atoms with Gasteiger partial charge < -0.3 is 15.3 Å². The topological polar surface area (TPSA) is 65.5 Å². The molecule has 1 unspecified atom stereocenters. The number of hydrogen-bond donors (Lipinski definition) is 2. The zero-order valence-electron chi connectivity index (χ0n) is 8.43. The molecule has 0 spiro atoms. The lowest BCUT2D eigenvalue weighted by molar-refractivity contribution is 0.0702. The van der Waals surface area contributed by atoms with E-state index in [1.807, 2.05) is 0 Å². The number of carboxylic acids is 1. The molecule has 2 rings (SSSR count). The molecule has 6 heteroatoms. The number of nitrogens with zero attached hydrogens (tertiary/aromatic N) is 2. The summed E-state index contributed by atoms with van der Waals surface area (Å²) in [7, 11) is 2.08. The molecule has 15 heavy (non-hydrogen) atoms. The summed E-state index contributed by atoms with van der Waals surface area (Å²) in [6.07, 6.45) is 2.48. The number of likely N-dealkylation sites (tertiary alicyclic amines) is 1. The summed E-state index contributed by atoms with van der Waals surface area (Å²) in [5.74, 6) is -0.913. The van der Waals surface area contributed by atoms with E-state index in [9.17, 15) is 4.79 Å². The van der Waals surface area contributed by atoms with Gasteiger partial charge in [-0.3, -0.25) is 0 Å². The zero-order chi connectivity index (χ0) is 10.8. The third kappa shape index (κ3) is 2.45. The van der Waals surface area contributed by atoms with Gasteiger partial charge in [-0.25, -0.2) is 9.78 Å². The van der Waals surface area contributed by atoms with Crippen LogP contribution < -0.4 is 5.32 Å². The molecule has 0 radical (unpaired) electrons. The van der Waals surface area contributed by atoms with E-state index in [0.29, 0.717) is 11.2 Å². The van der Waals surface area contributed by atoms with E-state index in [1.54, 1.807) is 0 Å². The van der Waals surface area contributed by atoms with Crippen LogP contribution in [0.3, 0.4) is 0 Å². The maximum atomic E-state index is 10.6. The Hall–Kier alpha value is -1.14. The number of carbonyl (C=O) groups is 1. The highest BCUT2D eigenvalue weighted by molar-refractivity contribution is 7.17. The fourth-order valence-corrected chi connectivity index (χ4v) is 2.40. The average Bonchev–Trinajstić information content (AvgIpc) is 2.76. The van der Waals surface area contributed by atoms with E-state index in [-0.39, 0.29) is 4.88 Å². The lowest BCUT2D eigenvalue weighted by Crippen LogP contribution is -2.23. The molecule has 82 valence electrons. The molecule has 0 aromatic carbocycles. The Balaban J connectivity index is 1.96. The number of hydrogen-bond acceptors (Lipinski definition) is 5. The smallest absolute Gasteiger partial charge is 0.347 e. The Morgan fingerprint density at radius 3 is 3.13 bits per heavy atom. The van der Waals surface area contributed by atoms with Gasteiger partial charge in [0.2, 0.25) is 0 Å². The lowest BCUT2D eigenvalue weighted by Gasteiger charge is -2.10. The quantitative estimate of drug-likeness (QED) is 0.805. The number of anilines is 1. The summed E-state index contributed by atoms with van der Waals surface area (Å²) in [6.45, 7) is 2.07. The minimum atomic E-state index is -0.913. The zero-order valence-corrected chi connectivity index (χ0v) is 9.25. The summed E-state index contributed by atoms with van der Waals surface area (Å²) in [4.78, 5) is 17.2. The maximum Gasteiger partial charge on any atom is 0.347 e. The number of nitrogens with one attached hydrogen (secondary N) is 1. The van der Waals surface area contributed by atoms with Crippen LogP contribution in [-0.2, 0) is 0 Å². The van der Waals surface area contributed by atoms with Gasteiger partial charge >= 0.3 is 5.97 Å². The highest BCUT2D eigenvalue weighted by Crippen LogP contribution is 2.20. The average molecular weight is 227 g/mol. The Kier molecular flexibility index (Phi) is 2.88. The predicted molar refractivity (Wildman–Crippen MR) is 58.6 cm³/mol. The van der Waals surface area contributed by atoms with E-state index in [4.69, 9.17) is 5.11 Å². The van der Waals surface area contributed by atoms with E-state index < -0.39 is 5.97 Å². The molecule has 0 saturated carbocycles. The van der Waals surface area contributed by atoms with Gasteiger partial charge in [-0.1, -0.05) is 11.3 Å². The normalized spacial score (nSPS) is 21.8. The molecule has 0 bridgehead atoms. The minimum absolute atomic E-state index is 0.281. The van der Waals surface area contributed by atoms with Crippen molar-refractivity contribution in [3.8, 4) is 0 Å². The second-order valence-corrected chi connectivity index (χ2v) is 4.76. The minimum Gasteiger partial charge on any atom is -0.477 e. The van der Waals surface area contributed by atoms with Crippen LogP contribution in [-0.4, -0.2) is 47.1 Å². The number of carboxylic acid groups (broad SMARTS) is 1. The molecule has 1 aromatic rings. The molecule has 0 amide bonds. The maximum absolute atomic E-state index is 10.6. The molecule has 1 aliphatic rings. The molecule has 1 saturated heterocycles. The molecular formula is C9H13N3O2S. The Morgan fingerprint density at radius 2 is 2.60 bits per heavy atom. The number of rotatable bonds is 3. The molecule has 2 N–H and O–H groups in total. The second kappa shape index (κ2) is 4.16. The van der Waals surface area contributed by atoms with Crippen LogP contribution in [0, 0.1) is 0 Å². The fourth-order valence-electron chi connectivity index (χ4n) is 1.67. The molecule has 2 heterocycles. The summed E-state index contributed by atoms with van der Waals surface area (Å²) in [5, 5.41) is 12.7. The monoisotopic (exact) mass is 227 g/mol. The Bertz CT molecular complexity index is 366. The first-order chi connectivity index (χ1) is 7.15. The van der Waals surface area contributed by atoms with Crippen LogP contribution in [0.5, 0.6) is 0 Å². The van der Waals surface area contributed by atoms with Crippen LogP contribution in [0.4, 0.5) is 5.13 Å². The molecule has 5 nitrogen and oxygen atoms in total. The molecule has 0 aliphatic carbocycles. The van der Waals surface area contributed by atoms with Crippen molar-refractivity contribution in [2.45, 2.75) is 12.5 Å². The Labute approximate surface area is 91.7 Å². The third-order valence-corrected chi connectivity index (χ3v) is 3.35. The van der Waals surface area contributed by atoms with Crippen LogP contribution >= 0.6 is 11.3 Å². The Morgan fingerprint density at radius 1 is 1.80 bits per heavy atom. The van der Waals surface area contributed by atoms with Crippen LogP contribution in [0.1, 0.15) is 16.1 Å². The van der Waals surface area contributed by atoms with E-state index in [0.717, 1.165) is 19.5 Å². The largest absolute Gasteiger partial charge is 0.477 e. The summed E-state index contributed by atoms with van der Waals surface area (Å²) >= 11 is 1.19. The second-order valence-electron chi connectivity index (χ2n) is 3.73. The standard InChI is InChI=1S/C9H13N3O2S/c1-12-3-2-6(5-12)11-9-10-4-7(15-9)8(13)14/h4,6H,2-3,5H2,1H3,(H,10,11)(H,13,14). The van der Waals surface area contributed by atoms with Crippen molar-refractivity contribution in [2.24, 2.45) is 0 Å². The molecular weight excluding hydrogens is 214 g/mol. The van der Waals surface area contributed by atoms with Gasteiger partial charge in [-0.15, -0.1) is 0 Å². The van der Waals surface area contributed by atoms with Crippen molar-refractivity contribution in [3.05, 3.63) is 11.1 Å². The van der Waals surface area contributed by atoms with Gasteiger partial charge in [0.05, 0.1) is 6.20 Å². The molecule has 1 fully saturated rings. The first-order valence-corrected chi connectivity index (χ1v) is 5.61. The van der Waals surface area contributed by atoms with Crippen LogP contribution in [0.15, 0.2) is 6.20 Å². The number of likely N-dealkylation sites (N-methyl/N-ethyl adjacent to an activating group) is 1. The molecule has 1 atom stereocenters. The molecule has 1 aromatic heterocycles. The molecule has 1 aliphatic heterocycles. The number of aromatic nitrogens is 1. The van der Waals surface area contributed by atoms with Crippen molar-refractivity contribution < 1.29 is 9.90 Å². The van der Waals surface area contributed by atoms with Crippen molar-refractivity contribution >= 4 is 22.4 Å². The fraction of sp³-hybridized carbons (Fsp3) is 0.556. The number of thiazole rings is 1. The van der Waals surface area contributed by atoms with Crippen LogP contribution in [0.25, 0.3) is 0 Å².